The van der Waals surface area contributed by atoms with Crippen molar-refractivity contribution in [2.45, 2.75) is 36.6 Å². The number of benzene rings is 1. The summed E-state index contributed by atoms with van der Waals surface area (Å²) in [4.78, 5) is 13.4. The lowest BCUT2D eigenvalue weighted by molar-refractivity contribution is -0.122. The molecule has 1 N–H and O–H groups in total. The SMILES string of the molecule is C#CC(CCC)NC(=O)C1CSc2ccccc21. The van der Waals surface area contributed by atoms with E-state index in [1.54, 1.807) is 11.8 Å². The molecule has 0 fully saturated rings. The standard InChI is InChI=1S/C15H17NOS/c1-3-7-11(4-2)16-15(17)13-10-18-14-9-6-5-8-12(13)14/h2,5-6,8-9,11,13H,3,7,10H2,1H3,(H,16,17). The first-order chi connectivity index (χ1) is 8.76. The van der Waals surface area contributed by atoms with Crippen molar-refractivity contribution in [3.8, 4) is 12.3 Å². The van der Waals surface area contributed by atoms with Gasteiger partial charge in [-0.2, -0.15) is 0 Å². The normalized spacial score (nSPS) is 18.8. The van der Waals surface area contributed by atoms with Crippen LogP contribution in [-0.2, 0) is 4.79 Å². The van der Waals surface area contributed by atoms with Crippen molar-refractivity contribution >= 4 is 17.7 Å². The number of terminal acetylenes is 1. The van der Waals surface area contributed by atoms with Crippen molar-refractivity contribution < 1.29 is 4.79 Å². The van der Waals surface area contributed by atoms with Crippen LogP contribution in [-0.4, -0.2) is 17.7 Å². The van der Waals surface area contributed by atoms with Gasteiger partial charge in [-0.15, -0.1) is 18.2 Å². The molecule has 2 atom stereocenters. The summed E-state index contributed by atoms with van der Waals surface area (Å²) in [5, 5.41) is 2.96. The Morgan fingerprint density at radius 2 is 2.39 bits per heavy atom. The number of rotatable bonds is 4. The van der Waals surface area contributed by atoms with Gasteiger partial charge < -0.3 is 5.32 Å². The Bertz CT molecular complexity index is 478. The van der Waals surface area contributed by atoms with Crippen LogP contribution in [0.25, 0.3) is 0 Å². The molecule has 0 bridgehead atoms. The van der Waals surface area contributed by atoms with Crippen LogP contribution in [0.1, 0.15) is 31.2 Å². The van der Waals surface area contributed by atoms with Crippen molar-refractivity contribution in [2.24, 2.45) is 0 Å². The van der Waals surface area contributed by atoms with Gasteiger partial charge in [0.2, 0.25) is 5.91 Å². The molecule has 1 heterocycles. The molecule has 18 heavy (non-hydrogen) atoms. The molecular weight excluding hydrogens is 242 g/mol. The molecule has 2 rings (SSSR count). The van der Waals surface area contributed by atoms with Crippen LogP contribution in [0.3, 0.4) is 0 Å². The Morgan fingerprint density at radius 3 is 3.11 bits per heavy atom. The highest BCUT2D eigenvalue weighted by molar-refractivity contribution is 7.99. The van der Waals surface area contributed by atoms with Crippen molar-refractivity contribution in [1.82, 2.24) is 5.32 Å². The van der Waals surface area contributed by atoms with Gasteiger partial charge >= 0.3 is 0 Å². The summed E-state index contributed by atoms with van der Waals surface area (Å²) in [6, 6.07) is 7.95. The molecule has 0 saturated carbocycles. The zero-order valence-electron chi connectivity index (χ0n) is 10.5. The number of hydrogen-bond acceptors (Lipinski definition) is 2. The van der Waals surface area contributed by atoms with Gasteiger partial charge in [-0.3, -0.25) is 4.79 Å². The summed E-state index contributed by atoms with van der Waals surface area (Å²) >= 11 is 1.74. The molecule has 2 unspecified atom stereocenters. The van der Waals surface area contributed by atoms with E-state index >= 15 is 0 Å². The van der Waals surface area contributed by atoms with Gasteiger partial charge in [0.25, 0.3) is 0 Å². The fourth-order valence-corrected chi connectivity index (χ4v) is 3.37. The third-order valence-electron chi connectivity index (χ3n) is 3.11. The van der Waals surface area contributed by atoms with Gasteiger partial charge in [-0.1, -0.05) is 37.5 Å². The number of amides is 1. The highest BCUT2D eigenvalue weighted by Gasteiger charge is 2.29. The van der Waals surface area contributed by atoms with E-state index in [2.05, 4.69) is 24.2 Å². The smallest absolute Gasteiger partial charge is 0.229 e. The second-order valence-electron chi connectivity index (χ2n) is 4.42. The molecule has 94 valence electrons. The third kappa shape index (κ3) is 2.70. The second kappa shape index (κ2) is 5.97. The maximum absolute atomic E-state index is 12.2. The van der Waals surface area contributed by atoms with E-state index in [4.69, 9.17) is 6.42 Å². The Kier molecular flexibility index (Phi) is 4.33. The van der Waals surface area contributed by atoms with Crippen molar-refractivity contribution in [3.63, 3.8) is 0 Å². The monoisotopic (exact) mass is 259 g/mol. The van der Waals surface area contributed by atoms with E-state index in [1.165, 1.54) is 4.90 Å². The molecule has 0 radical (unpaired) electrons. The summed E-state index contributed by atoms with van der Waals surface area (Å²) < 4.78 is 0. The zero-order valence-corrected chi connectivity index (χ0v) is 11.3. The van der Waals surface area contributed by atoms with Crippen LogP contribution in [0.2, 0.25) is 0 Å². The van der Waals surface area contributed by atoms with Gasteiger partial charge in [0, 0.05) is 10.6 Å². The van der Waals surface area contributed by atoms with Crippen LogP contribution in [0.4, 0.5) is 0 Å². The minimum absolute atomic E-state index is 0.0566. The quantitative estimate of drug-likeness (QED) is 0.842. The van der Waals surface area contributed by atoms with Gasteiger partial charge in [0.15, 0.2) is 0 Å². The Labute approximate surface area is 113 Å². The molecule has 0 saturated heterocycles. The lowest BCUT2D eigenvalue weighted by atomic mass is 10.00. The Balaban J connectivity index is 2.06. The van der Waals surface area contributed by atoms with Crippen molar-refractivity contribution in [1.29, 1.82) is 0 Å². The lowest BCUT2D eigenvalue weighted by Gasteiger charge is -2.16. The third-order valence-corrected chi connectivity index (χ3v) is 4.29. The molecule has 0 spiro atoms. The van der Waals surface area contributed by atoms with Crippen LogP contribution >= 0.6 is 11.8 Å². The van der Waals surface area contributed by atoms with Gasteiger partial charge in [-0.05, 0) is 18.1 Å². The largest absolute Gasteiger partial charge is 0.342 e. The van der Waals surface area contributed by atoms with E-state index in [-0.39, 0.29) is 17.9 Å². The molecule has 1 aromatic rings. The number of fused-ring (bicyclic) bond motifs is 1. The van der Waals surface area contributed by atoms with Crippen LogP contribution in [0.5, 0.6) is 0 Å². The van der Waals surface area contributed by atoms with E-state index in [0.29, 0.717) is 0 Å². The van der Waals surface area contributed by atoms with E-state index in [0.717, 1.165) is 24.2 Å². The average molecular weight is 259 g/mol. The maximum atomic E-state index is 12.2. The average Bonchev–Trinajstić information content (AvgIpc) is 2.82. The number of nitrogens with one attached hydrogen (secondary N) is 1. The fraction of sp³-hybridized carbons (Fsp3) is 0.400. The van der Waals surface area contributed by atoms with Gasteiger partial charge in [0.1, 0.15) is 0 Å². The molecule has 1 aliphatic heterocycles. The molecule has 2 nitrogen and oxygen atoms in total. The molecule has 0 aliphatic carbocycles. The number of hydrogen-bond donors (Lipinski definition) is 1. The summed E-state index contributed by atoms with van der Waals surface area (Å²) in [5.41, 5.74) is 1.13. The molecule has 3 heteroatoms. The number of carbonyl (C=O) groups excluding carboxylic acids is 1. The predicted octanol–water partition coefficient (Wildman–Crippen LogP) is 2.79. The van der Waals surface area contributed by atoms with E-state index in [1.807, 2.05) is 18.2 Å². The molecule has 0 aromatic heterocycles. The molecule has 1 amide bonds. The van der Waals surface area contributed by atoms with Gasteiger partial charge in [-0.25, -0.2) is 0 Å². The summed E-state index contributed by atoms with van der Waals surface area (Å²) in [6.07, 6.45) is 7.24. The van der Waals surface area contributed by atoms with Gasteiger partial charge in [0.05, 0.1) is 12.0 Å². The highest BCUT2D eigenvalue weighted by Crippen LogP contribution is 2.39. The Hall–Kier alpha value is -1.40. The number of thioether (sulfide) groups is 1. The van der Waals surface area contributed by atoms with E-state index < -0.39 is 0 Å². The predicted molar refractivity (Wildman–Crippen MR) is 75.6 cm³/mol. The lowest BCUT2D eigenvalue weighted by Crippen LogP contribution is -2.37. The van der Waals surface area contributed by atoms with Crippen LogP contribution in [0.15, 0.2) is 29.2 Å². The van der Waals surface area contributed by atoms with Crippen LogP contribution in [0, 0.1) is 12.3 Å². The molecule has 1 aliphatic rings. The first kappa shape index (κ1) is 13.0. The topological polar surface area (TPSA) is 29.1 Å². The summed E-state index contributed by atoms with van der Waals surface area (Å²) in [5.74, 6) is 3.46. The minimum Gasteiger partial charge on any atom is -0.342 e. The zero-order chi connectivity index (χ0) is 13.0. The first-order valence-corrected chi connectivity index (χ1v) is 7.23. The second-order valence-corrected chi connectivity index (χ2v) is 5.48. The minimum atomic E-state index is -0.139. The summed E-state index contributed by atoms with van der Waals surface area (Å²) in [6.45, 7) is 2.07. The Morgan fingerprint density at radius 1 is 1.61 bits per heavy atom. The molecular formula is C15H17NOS. The highest BCUT2D eigenvalue weighted by atomic mass is 32.2. The fourth-order valence-electron chi connectivity index (χ4n) is 2.14. The summed E-state index contributed by atoms with van der Waals surface area (Å²) in [7, 11) is 0. The van der Waals surface area contributed by atoms with Crippen molar-refractivity contribution in [2.75, 3.05) is 5.75 Å². The number of carbonyl (C=O) groups is 1. The van der Waals surface area contributed by atoms with E-state index in [9.17, 15) is 4.79 Å². The van der Waals surface area contributed by atoms with Crippen molar-refractivity contribution in [3.05, 3.63) is 29.8 Å². The first-order valence-electron chi connectivity index (χ1n) is 6.24. The van der Waals surface area contributed by atoms with Crippen LogP contribution < -0.4 is 5.32 Å². The molecule has 1 aromatic carbocycles. The maximum Gasteiger partial charge on any atom is 0.229 e.